The number of rotatable bonds is 5. The zero-order valence-corrected chi connectivity index (χ0v) is 15.6. The van der Waals surface area contributed by atoms with E-state index in [2.05, 4.69) is 15.0 Å². The molecule has 0 bridgehead atoms. The average Bonchev–Trinajstić information content (AvgIpc) is 3.12. The molecule has 8 nitrogen and oxygen atoms in total. The van der Waals surface area contributed by atoms with E-state index in [1.165, 1.54) is 17.2 Å². The van der Waals surface area contributed by atoms with Crippen LogP contribution in [-0.4, -0.2) is 49.5 Å². The fraction of sp³-hybridized carbons (Fsp3) is 0.500. The van der Waals surface area contributed by atoms with Crippen molar-refractivity contribution in [3.05, 3.63) is 45.8 Å². The molecule has 1 amide bonds. The molecule has 27 heavy (non-hydrogen) atoms. The molecule has 0 radical (unpaired) electrons. The smallest absolute Gasteiger partial charge is 0.256 e. The van der Waals surface area contributed by atoms with Gasteiger partial charge in [-0.3, -0.25) is 14.2 Å². The molecule has 1 aliphatic heterocycles. The Kier molecular flexibility index (Phi) is 5.48. The molecule has 2 aromatic rings. The first-order valence-electron chi connectivity index (χ1n) is 8.87. The maximum Gasteiger partial charge on any atom is 0.256 e. The van der Waals surface area contributed by atoms with E-state index in [-0.39, 0.29) is 30.0 Å². The van der Waals surface area contributed by atoms with E-state index in [9.17, 15) is 14.0 Å². The molecule has 3 rings (SSSR count). The fourth-order valence-electron chi connectivity index (χ4n) is 2.96. The number of aromatic nitrogens is 4. The van der Waals surface area contributed by atoms with E-state index >= 15 is 0 Å². The number of hydrogen-bond donors (Lipinski definition) is 0. The molecule has 3 heterocycles. The van der Waals surface area contributed by atoms with Crippen LogP contribution in [0.15, 0.2) is 17.4 Å². The first-order chi connectivity index (χ1) is 12.9. The number of carbonyl (C=O) groups excluding carboxylic acids is 1. The minimum absolute atomic E-state index is 0.0818. The second kappa shape index (κ2) is 7.81. The minimum Gasteiger partial charge on any atom is -0.470 e. The van der Waals surface area contributed by atoms with Crippen LogP contribution in [0.4, 0.5) is 4.39 Å². The van der Waals surface area contributed by atoms with Crippen LogP contribution in [0.5, 0.6) is 5.88 Å². The molecular weight excluding hydrogens is 353 g/mol. The van der Waals surface area contributed by atoms with Crippen LogP contribution in [0.2, 0.25) is 0 Å². The van der Waals surface area contributed by atoms with Gasteiger partial charge in [0, 0.05) is 24.2 Å². The second-order valence-electron chi connectivity index (χ2n) is 6.55. The van der Waals surface area contributed by atoms with E-state index in [1.807, 2.05) is 0 Å². The quantitative estimate of drug-likeness (QED) is 0.775. The predicted octanol–water partition coefficient (Wildman–Crippen LogP) is 1.03. The summed E-state index contributed by atoms with van der Waals surface area (Å²) in [6, 6.07) is 0. The Morgan fingerprint density at radius 1 is 1.33 bits per heavy atom. The van der Waals surface area contributed by atoms with Gasteiger partial charge in [-0.2, -0.15) is 9.37 Å². The Balaban J connectivity index is 1.63. The molecule has 0 aromatic carbocycles. The highest BCUT2D eigenvalue weighted by molar-refractivity contribution is 5.76. The average molecular weight is 375 g/mol. The van der Waals surface area contributed by atoms with Gasteiger partial charge >= 0.3 is 0 Å². The van der Waals surface area contributed by atoms with Crippen LogP contribution in [-0.2, 0) is 17.8 Å². The minimum atomic E-state index is -0.558. The number of carbonyl (C=O) groups is 1. The van der Waals surface area contributed by atoms with Gasteiger partial charge in [-0.1, -0.05) is 6.92 Å². The van der Waals surface area contributed by atoms with Crippen molar-refractivity contribution in [2.45, 2.75) is 46.3 Å². The molecule has 0 N–H and O–H groups in total. The third-order valence-electron chi connectivity index (χ3n) is 4.76. The molecule has 0 spiro atoms. The molecule has 0 unspecified atom stereocenters. The van der Waals surface area contributed by atoms with Gasteiger partial charge in [0.25, 0.3) is 11.4 Å². The molecule has 144 valence electrons. The number of aryl methyl sites for hydroxylation is 2. The van der Waals surface area contributed by atoms with E-state index in [1.54, 1.807) is 25.7 Å². The number of ether oxygens (including phenoxy) is 1. The Labute approximate surface area is 156 Å². The van der Waals surface area contributed by atoms with Crippen molar-refractivity contribution < 1.29 is 13.9 Å². The molecule has 1 fully saturated rings. The highest BCUT2D eigenvalue weighted by atomic mass is 19.1. The summed E-state index contributed by atoms with van der Waals surface area (Å²) in [6.07, 6.45) is 3.32. The molecular formula is C18H22FN5O3. The molecule has 2 aromatic heterocycles. The van der Waals surface area contributed by atoms with Crippen LogP contribution < -0.4 is 10.3 Å². The number of amides is 1. The number of hydrogen-bond acceptors (Lipinski definition) is 6. The van der Waals surface area contributed by atoms with E-state index < -0.39 is 5.82 Å². The van der Waals surface area contributed by atoms with Gasteiger partial charge in [0.15, 0.2) is 0 Å². The van der Waals surface area contributed by atoms with Crippen molar-refractivity contribution >= 4 is 5.91 Å². The van der Waals surface area contributed by atoms with Crippen LogP contribution >= 0.6 is 0 Å². The summed E-state index contributed by atoms with van der Waals surface area (Å²) in [5.41, 5.74) is 1.25. The monoisotopic (exact) mass is 375 g/mol. The summed E-state index contributed by atoms with van der Waals surface area (Å²) in [7, 11) is 0. The maximum absolute atomic E-state index is 14.2. The first-order valence-corrected chi connectivity index (χ1v) is 8.87. The van der Waals surface area contributed by atoms with Gasteiger partial charge in [-0.05, 0) is 20.3 Å². The molecule has 1 atom stereocenters. The number of nitrogens with zero attached hydrogens (tertiary/aromatic N) is 5. The third-order valence-corrected chi connectivity index (χ3v) is 4.76. The molecule has 0 aliphatic carbocycles. The lowest BCUT2D eigenvalue weighted by Crippen LogP contribution is -2.37. The van der Waals surface area contributed by atoms with Crippen molar-refractivity contribution in [1.29, 1.82) is 0 Å². The highest BCUT2D eigenvalue weighted by Gasteiger charge is 2.29. The summed E-state index contributed by atoms with van der Waals surface area (Å²) in [6.45, 7) is 5.95. The SMILES string of the molecule is CCc1ncnc(O[C@@H]2CCN(C(=O)Cn3cnc(C)c(C)c3=O)C2)c1F. The maximum atomic E-state index is 14.2. The zero-order chi connectivity index (χ0) is 19.6. The van der Waals surface area contributed by atoms with Crippen LogP contribution in [0.1, 0.15) is 30.3 Å². The summed E-state index contributed by atoms with van der Waals surface area (Å²) in [5, 5.41) is 0. The molecule has 1 aliphatic rings. The van der Waals surface area contributed by atoms with Gasteiger partial charge in [-0.15, -0.1) is 0 Å². The van der Waals surface area contributed by atoms with E-state index in [4.69, 9.17) is 4.74 Å². The van der Waals surface area contributed by atoms with Crippen molar-refractivity contribution in [2.75, 3.05) is 13.1 Å². The Morgan fingerprint density at radius 2 is 2.11 bits per heavy atom. The van der Waals surface area contributed by atoms with Crippen LogP contribution in [0.3, 0.4) is 0 Å². The van der Waals surface area contributed by atoms with Crippen molar-refractivity contribution in [3.8, 4) is 5.88 Å². The third kappa shape index (κ3) is 3.96. The normalized spacial score (nSPS) is 16.6. The fourth-order valence-corrected chi connectivity index (χ4v) is 2.96. The molecule has 0 saturated carbocycles. The van der Waals surface area contributed by atoms with Gasteiger partial charge < -0.3 is 9.64 Å². The summed E-state index contributed by atoms with van der Waals surface area (Å²) >= 11 is 0. The second-order valence-corrected chi connectivity index (χ2v) is 6.55. The summed E-state index contributed by atoms with van der Waals surface area (Å²) in [4.78, 5) is 38.2. The summed E-state index contributed by atoms with van der Waals surface area (Å²) < 4.78 is 21.1. The van der Waals surface area contributed by atoms with Gasteiger partial charge in [0.1, 0.15) is 19.0 Å². The lowest BCUT2D eigenvalue weighted by Gasteiger charge is -2.18. The Bertz CT molecular complexity index is 914. The zero-order valence-electron chi connectivity index (χ0n) is 15.6. The van der Waals surface area contributed by atoms with E-state index in [0.29, 0.717) is 42.9 Å². The van der Waals surface area contributed by atoms with Crippen molar-refractivity contribution in [1.82, 2.24) is 24.4 Å². The van der Waals surface area contributed by atoms with E-state index in [0.717, 1.165) is 0 Å². The van der Waals surface area contributed by atoms with Gasteiger partial charge in [0.05, 0.1) is 18.6 Å². The van der Waals surface area contributed by atoms with Gasteiger partial charge in [-0.25, -0.2) is 9.97 Å². The number of halogens is 1. The number of likely N-dealkylation sites (tertiary alicyclic amines) is 1. The van der Waals surface area contributed by atoms with Crippen molar-refractivity contribution in [2.24, 2.45) is 0 Å². The standard InChI is InChI=1S/C18H22FN5O3/c1-4-14-16(19)17(21-9-20-14)27-13-5-6-23(7-13)15(25)8-24-10-22-12(3)11(2)18(24)26/h9-10,13H,4-8H2,1-3H3/t13-/m1/s1. The summed E-state index contributed by atoms with van der Waals surface area (Å²) in [5.74, 6) is -0.848. The largest absolute Gasteiger partial charge is 0.470 e. The highest BCUT2D eigenvalue weighted by Crippen LogP contribution is 2.21. The Hall–Kier alpha value is -2.84. The Morgan fingerprint density at radius 3 is 2.85 bits per heavy atom. The van der Waals surface area contributed by atoms with Crippen LogP contribution in [0, 0.1) is 19.7 Å². The van der Waals surface area contributed by atoms with Crippen LogP contribution in [0.25, 0.3) is 0 Å². The van der Waals surface area contributed by atoms with Gasteiger partial charge in [0.2, 0.25) is 11.7 Å². The predicted molar refractivity (Wildman–Crippen MR) is 95.0 cm³/mol. The topological polar surface area (TPSA) is 90.2 Å². The first kappa shape index (κ1) is 18.9. The van der Waals surface area contributed by atoms with Crippen molar-refractivity contribution in [3.63, 3.8) is 0 Å². The molecule has 9 heteroatoms. The molecule has 1 saturated heterocycles. The lowest BCUT2D eigenvalue weighted by atomic mass is 10.3. The lowest BCUT2D eigenvalue weighted by molar-refractivity contribution is -0.131.